The third kappa shape index (κ3) is 3.70. The van der Waals surface area contributed by atoms with E-state index in [1.54, 1.807) is 12.1 Å². The van der Waals surface area contributed by atoms with Gasteiger partial charge in [-0.1, -0.05) is 23.7 Å². The molecule has 2 aromatic rings. The molecule has 2 aliphatic heterocycles. The number of fused-ring (bicyclic) bond motifs is 1. The Morgan fingerprint density at radius 1 is 1.12 bits per heavy atom. The second-order valence-electron chi connectivity index (χ2n) is 6.93. The van der Waals surface area contributed by atoms with Crippen molar-refractivity contribution in [3.63, 3.8) is 0 Å². The molecule has 6 heteroatoms. The van der Waals surface area contributed by atoms with Gasteiger partial charge in [-0.15, -0.1) is 0 Å². The Hall–Kier alpha value is -2.08. The minimum absolute atomic E-state index is 0.0371. The number of nitrogens with one attached hydrogen (secondary N) is 1. The van der Waals surface area contributed by atoms with Crippen molar-refractivity contribution in [1.82, 2.24) is 10.2 Å². The van der Waals surface area contributed by atoms with E-state index in [1.807, 2.05) is 24.3 Å². The lowest BCUT2D eigenvalue weighted by Crippen LogP contribution is -2.43. The van der Waals surface area contributed by atoms with Crippen LogP contribution in [0, 0.1) is 0 Å². The Labute approximate surface area is 157 Å². The molecule has 2 saturated heterocycles. The van der Waals surface area contributed by atoms with Crippen molar-refractivity contribution >= 4 is 17.5 Å². The van der Waals surface area contributed by atoms with Gasteiger partial charge in [0.25, 0.3) is 5.91 Å². The average Bonchev–Trinajstić information content (AvgIpc) is 3.04. The first kappa shape index (κ1) is 17.3. The van der Waals surface area contributed by atoms with E-state index < -0.39 is 0 Å². The number of amides is 1. The molecule has 0 unspecified atom stereocenters. The molecule has 0 bridgehead atoms. The first-order valence-corrected chi connectivity index (χ1v) is 9.17. The molecule has 26 heavy (non-hydrogen) atoms. The molecule has 0 saturated carbocycles. The summed E-state index contributed by atoms with van der Waals surface area (Å²) in [5, 5.41) is 13.2. The van der Waals surface area contributed by atoms with Gasteiger partial charge in [-0.25, -0.2) is 0 Å². The number of benzene rings is 2. The van der Waals surface area contributed by atoms with Crippen LogP contribution in [0.15, 0.2) is 48.5 Å². The molecule has 2 heterocycles. The van der Waals surface area contributed by atoms with Crippen molar-refractivity contribution in [2.24, 2.45) is 0 Å². The molecule has 0 aromatic heterocycles. The minimum Gasteiger partial charge on any atom is -0.508 e. The Bertz CT molecular complexity index is 779. The number of aromatic hydroxyl groups is 1. The van der Waals surface area contributed by atoms with Crippen LogP contribution in [0.25, 0.3) is 0 Å². The largest absolute Gasteiger partial charge is 0.508 e. The monoisotopic (exact) mass is 372 g/mol. The molecule has 1 amide bonds. The predicted molar refractivity (Wildman–Crippen MR) is 99.5 cm³/mol. The van der Waals surface area contributed by atoms with Gasteiger partial charge >= 0.3 is 0 Å². The van der Waals surface area contributed by atoms with E-state index in [9.17, 15) is 9.90 Å². The van der Waals surface area contributed by atoms with E-state index in [-0.39, 0.29) is 23.8 Å². The highest BCUT2D eigenvalue weighted by molar-refractivity contribution is 6.30. The fraction of sp³-hybridized carbons (Fsp3) is 0.350. The second-order valence-corrected chi connectivity index (χ2v) is 7.37. The van der Waals surface area contributed by atoms with Crippen molar-refractivity contribution in [3.8, 4) is 5.75 Å². The number of ether oxygens (including phenoxy) is 1. The Balaban J connectivity index is 1.36. The third-order valence-corrected chi connectivity index (χ3v) is 5.38. The first-order chi connectivity index (χ1) is 12.6. The molecule has 2 fully saturated rings. The van der Waals surface area contributed by atoms with Crippen molar-refractivity contribution in [2.75, 3.05) is 19.7 Å². The molecule has 0 radical (unpaired) electrons. The van der Waals surface area contributed by atoms with E-state index >= 15 is 0 Å². The smallest absolute Gasteiger partial charge is 0.251 e. The van der Waals surface area contributed by atoms with Gasteiger partial charge in [0.1, 0.15) is 5.75 Å². The summed E-state index contributed by atoms with van der Waals surface area (Å²) in [6.45, 7) is 2.30. The number of rotatable bonds is 3. The molecule has 4 rings (SSSR count). The lowest BCUT2D eigenvalue weighted by Gasteiger charge is -2.35. The zero-order valence-corrected chi connectivity index (χ0v) is 15.0. The number of morpholine rings is 1. The Kier molecular flexibility index (Phi) is 4.85. The molecular weight excluding hydrogens is 352 g/mol. The molecular formula is C20H21ClN2O3. The topological polar surface area (TPSA) is 61.8 Å². The van der Waals surface area contributed by atoms with E-state index in [2.05, 4.69) is 10.2 Å². The van der Waals surface area contributed by atoms with E-state index in [1.165, 1.54) is 12.1 Å². The van der Waals surface area contributed by atoms with Crippen LogP contribution in [-0.2, 0) is 4.74 Å². The zero-order valence-electron chi connectivity index (χ0n) is 14.3. The molecule has 2 aliphatic rings. The summed E-state index contributed by atoms with van der Waals surface area (Å²) >= 11 is 5.96. The Morgan fingerprint density at radius 2 is 1.85 bits per heavy atom. The van der Waals surface area contributed by atoms with Gasteiger partial charge in [0.05, 0.1) is 12.7 Å². The molecule has 0 aliphatic carbocycles. The van der Waals surface area contributed by atoms with Crippen LogP contribution in [0.2, 0.25) is 5.02 Å². The summed E-state index contributed by atoms with van der Waals surface area (Å²) in [4.78, 5) is 14.8. The van der Waals surface area contributed by atoms with Crippen LogP contribution < -0.4 is 5.32 Å². The lowest BCUT2D eigenvalue weighted by atomic mass is 10.1. The summed E-state index contributed by atoms with van der Waals surface area (Å²) in [6, 6.07) is 14.5. The van der Waals surface area contributed by atoms with Crippen LogP contribution in [0.1, 0.15) is 28.4 Å². The summed E-state index contributed by atoms with van der Waals surface area (Å²) in [5.74, 6) is 0.0509. The molecule has 136 valence electrons. The number of carbonyl (C=O) groups is 1. The highest BCUT2D eigenvalue weighted by Gasteiger charge is 2.38. The predicted octanol–water partition coefficient (Wildman–Crippen LogP) is 2.99. The maximum atomic E-state index is 12.4. The quantitative estimate of drug-likeness (QED) is 0.869. The van der Waals surface area contributed by atoms with Gasteiger partial charge in [-0.2, -0.15) is 0 Å². The SMILES string of the molecule is O=C(N[C@H]1C[C@H]2CO[C@@H](c3ccc(Cl)cc3)CN2C1)c1ccc(O)cc1. The summed E-state index contributed by atoms with van der Waals surface area (Å²) in [5.41, 5.74) is 1.69. The maximum Gasteiger partial charge on any atom is 0.251 e. The van der Waals surface area contributed by atoms with Gasteiger partial charge in [0, 0.05) is 35.8 Å². The Morgan fingerprint density at radius 3 is 2.58 bits per heavy atom. The van der Waals surface area contributed by atoms with Crippen LogP contribution in [0.3, 0.4) is 0 Å². The first-order valence-electron chi connectivity index (χ1n) is 8.79. The van der Waals surface area contributed by atoms with Gasteiger partial charge in [0.15, 0.2) is 0 Å². The highest BCUT2D eigenvalue weighted by Crippen LogP contribution is 2.31. The molecule has 3 atom stereocenters. The van der Waals surface area contributed by atoms with Gasteiger partial charge in [0.2, 0.25) is 0 Å². The van der Waals surface area contributed by atoms with Crippen molar-refractivity contribution in [2.45, 2.75) is 24.6 Å². The van der Waals surface area contributed by atoms with Crippen LogP contribution in [0.5, 0.6) is 5.75 Å². The van der Waals surface area contributed by atoms with Crippen LogP contribution in [-0.4, -0.2) is 47.7 Å². The van der Waals surface area contributed by atoms with Gasteiger partial charge in [-0.3, -0.25) is 9.69 Å². The second kappa shape index (κ2) is 7.27. The summed E-state index contributed by atoms with van der Waals surface area (Å²) < 4.78 is 6.04. The third-order valence-electron chi connectivity index (χ3n) is 5.12. The number of phenolic OH excluding ortho intramolecular Hbond substituents is 1. The van der Waals surface area contributed by atoms with Crippen LogP contribution in [0.4, 0.5) is 0 Å². The maximum absolute atomic E-state index is 12.4. The van der Waals surface area contributed by atoms with Gasteiger partial charge < -0.3 is 15.2 Å². The number of phenols is 1. The average molecular weight is 373 g/mol. The normalized spacial score (nSPS) is 25.7. The standard InChI is InChI=1S/C20H21ClN2O3/c21-15-5-1-13(2-6-15)19-11-23-10-16(9-17(23)12-26-19)22-20(25)14-3-7-18(24)8-4-14/h1-8,16-17,19,24H,9-12H2,(H,22,25)/t16-,17-,19+/m0/s1. The number of carbonyl (C=O) groups excluding carboxylic acids is 1. The number of hydrogen-bond acceptors (Lipinski definition) is 4. The van der Waals surface area contributed by atoms with Crippen LogP contribution >= 0.6 is 11.6 Å². The van der Waals surface area contributed by atoms with Crippen molar-refractivity contribution < 1.29 is 14.6 Å². The van der Waals surface area contributed by atoms with Crippen molar-refractivity contribution in [1.29, 1.82) is 0 Å². The van der Waals surface area contributed by atoms with Gasteiger partial charge in [-0.05, 0) is 48.4 Å². The van der Waals surface area contributed by atoms with E-state index in [0.717, 1.165) is 30.1 Å². The van der Waals surface area contributed by atoms with Crippen molar-refractivity contribution in [3.05, 3.63) is 64.7 Å². The summed E-state index contributed by atoms with van der Waals surface area (Å²) in [6.07, 6.45) is 0.923. The molecule has 2 aromatic carbocycles. The summed E-state index contributed by atoms with van der Waals surface area (Å²) in [7, 11) is 0. The number of hydrogen-bond donors (Lipinski definition) is 2. The fourth-order valence-corrected chi connectivity index (χ4v) is 3.87. The van der Waals surface area contributed by atoms with E-state index in [4.69, 9.17) is 16.3 Å². The molecule has 5 nitrogen and oxygen atoms in total. The zero-order chi connectivity index (χ0) is 18.1. The minimum atomic E-state index is -0.106. The lowest BCUT2D eigenvalue weighted by molar-refractivity contribution is -0.0502. The van der Waals surface area contributed by atoms with E-state index in [0.29, 0.717) is 18.2 Å². The fourth-order valence-electron chi connectivity index (χ4n) is 3.74. The molecule has 2 N–H and O–H groups in total. The highest BCUT2D eigenvalue weighted by atomic mass is 35.5. The molecule has 0 spiro atoms. The number of nitrogens with zero attached hydrogens (tertiary/aromatic N) is 1. The number of halogens is 1.